The molecule has 0 aliphatic carbocycles. The Bertz CT molecular complexity index is 331. The Labute approximate surface area is 132 Å². The van der Waals surface area contributed by atoms with Crippen LogP contribution in [0.2, 0.25) is 0 Å². The summed E-state index contributed by atoms with van der Waals surface area (Å²) in [7, 11) is 4.71. The number of nitrogens with zero attached hydrogens (tertiary/aromatic N) is 2. The molecule has 120 valence electrons. The van der Waals surface area contributed by atoms with Crippen molar-refractivity contribution in [3.05, 3.63) is 25.6 Å². The van der Waals surface area contributed by atoms with E-state index in [1.807, 2.05) is 0 Å². The SMILES string of the molecule is C=C[N+]1(C)CCCC1CCCCCC1CCC[N+]1(C)C=C. The minimum absolute atomic E-state index is 0.836. The minimum Gasteiger partial charge on any atom is -0.298 e. The average molecular weight is 293 g/mol. The summed E-state index contributed by atoms with van der Waals surface area (Å²) >= 11 is 0. The molecule has 2 rings (SSSR count). The van der Waals surface area contributed by atoms with Gasteiger partial charge in [-0.05, 0) is 38.8 Å². The molecule has 2 heteroatoms. The van der Waals surface area contributed by atoms with E-state index in [4.69, 9.17) is 0 Å². The highest BCUT2D eigenvalue weighted by Crippen LogP contribution is 2.31. The first-order valence-electron chi connectivity index (χ1n) is 9.01. The first-order valence-corrected chi connectivity index (χ1v) is 9.01. The second-order valence-electron chi connectivity index (χ2n) is 7.74. The Morgan fingerprint density at radius 1 is 0.810 bits per heavy atom. The van der Waals surface area contributed by atoms with Gasteiger partial charge in [-0.3, -0.25) is 8.97 Å². The van der Waals surface area contributed by atoms with Crippen LogP contribution in [0.25, 0.3) is 0 Å². The zero-order valence-corrected chi connectivity index (χ0v) is 14.4. The number of hydrogen-bond acceptors (Lipinski definition) is 0. The molecule has 2 saturated heterocycles. The van der Waals surface area contributed by atoms with Gasteiger partial charge in [0.25, 0.3) is 0 Å². The van der Waals surface area contributed by atoms with Crippen LogP contribution in [0.1, 0.15) is 57.8 Å². The largest absolute Gasteiger partial charge is 0.298 e. The Morgan fingerprint density at radius 3 is 1.62 bits per heavy atom. The lowest BCUT2D eigenvalue weighted by atomic mass is 10.0. The fourth-order valence-corrected chi connectivity index (χ4v) is 4.59. The number of unbranched alkanes of at least 4 members (excludes halogenated alkanes) is 2. The van der Waals surface area contributed by atoms with Crippen molar-refractivity contribution >= 4 is 0 Å². The summed E-state index contributed by atoms with van der Waals surface area (Å²) < 4.78 is 2.21. The molecule has 4 atom stereocenters. The molecule has 0 N–H and O–H groups in total. The maximum Gasteiger partial charge on any atom is 0.0932 e. The van der Waals surface area contributed by atoms with Crippen molar-refractivity contribution in [2.45, 2.75) is 69.9 Å². The highest BCUT2D eigenvalue weighted by Gasteiger charge is 2.36. The molecule has 4 unspecified atom stereocenters. The molecule has 0 spiro atoms. The average Bonchev–Trinajstić information content (AvgIpc) is 3.04. The van der Waals surface area contributed by atoms with Gasteiger partial charge < -0.3 is 0 Å². The quantitative estimate of drug-likeness (QED) is 0.458. The lowest BCUT2D eigenvalue weighted by Crippen LogP contribution is -2.42. The van der Waals surface area contributed by atoms with Crippen LogP contribution in [0, 0.1) is 0 Å². The molecule has 2 aliphatic rings. The van der Waals surface area contributed by atoms with Crippen LogP contribution in [-0.2, 0) is 0 Å². The second kappa shape index (κ2) is 7.11. The lowest BCUT2D eigenvalue weighted by molar-refractivity contribution is -0.872. The molecule has 0 aromatic carbocycles. The van der Waals surface area contributed by atoms with Gasteiger partial charge in [-0.15, -0.1) is 0 Å². The zero-order chi connectivity index (χ0) is 15.3. The standard InChI is InChI=1S/C19H36N2/c1-5-20(3)16-10-14-18(20)12-8-7-9-13-19-15-11-17-21(19,4)6-2/h5-6,18-19H,1-2,7-17H2,3-4H3/q+2. The third kappa shape index (κ3) is 3.78. The van der Waals surface area contributed by atoms with E-state index >= 15 is 0 Å². The minimum atomic E-state index is 0.836. The predicted molar refractivity (Wildman–Crippen MR) is 91.6 cm³/mol. The molecular weight excluding hydrogens is 256 g/mol. The molecule has 0 radical (unpaired) electrons. The van der Waals surface area contributed by atoms with E-state index in [1.165, 1.54) is 70.9 Å². The second-order valence-corrected chi connectivity index (χ2v) is 7.74. The Kier molecular flexibility index (Phi) is 5.67. The molecule has 2 fully saturated rings. The van der Waals surface area contributed by atoms with E-state index in [1.54, 1.807) is 0 Å². The van der Waals surface area contributed by atoms with Crippen molar-refractivity contribution in [2.24, 2.45) is 0 Å². The van der Waals surface area contributed by atoms with Crippen molar-refractivity contribution < 1.29 is 8.97 Å². The van der Waals surface area contributed by atoms with Crippen LogP contribution >= 0.6 is 0 Å². The molecule has 0 amide bonds. The number of hydrogen-bond donors (Lipinski definition) is 0. The summed E-state index contributed by atoms with van der Waals surface area (Å²) in [5.74, 6) is 0. The van der Waals surface area contributed by atoms with Crippen LogP contribution < -0.4 is 0 Å². The van der Waals surface area contributed by atoms with E-state index in [0.717, 1.165) is 21.0 Å². The van der Waals surface area contributed by atoms with Crippen molar-refractivity contribution in [2.75, 3.05) is 27.2 Å². The maximum absolute atomic E-state index is 4.05. The third-order valence-corrected chi connectivity index (χ3v) is 6.43. The van der Waals surface area contributed by atoms with Crippen molar-refractivity contribution in [3.8, 4) is 0 Å². The predicted octanol–water partition coefficient (Wildman–Crippen LogP) is 4.44. The molecule has 2 heterocycles. The number of rotatable bonds is 8. The molecule has 2 nitrogen and oxygen atoms in total. The van der Waals surface area contributed by atoms with Gasteiger partial charge in [-0.25, -0.2) is 0 Å². The van der Waals surface area contributed by atoms with E-state index in [9.17, 15) is 0 Å². The molecule has 21 heavy (non-hydrogen) atoms. The summed E-state index contributed by atoms with van der Waals surface area (Å²) in [6.45, 7) is 10.7. The first-order chi connectivity index (χ1) is 10.0. The topological polar surface area (TPSA) is 0 Å². The highest BCUT2D eigenvalue weighted by molar-refractivity contribution is 4.74. The van der Waals surface area contributed by atoms with Crippen LogP contribution in [0.5, 0.6) is 0 Å². The van der Waals surface area contributed by atoms with Gasteiger partial charge in [0.2, 0.25) is 0 Å². The van der Waals surface area contributed by atoms with Crippen molar-refractivity contribution in [1.82, 2.24) is 0 Å². The molecular formula is C19H36N2+2. The lowest BCUT2D eigenvalue weighted by Gasteiger charge is -2.32. The molecule has 0 bridgehead atoms. The highest BCUT2D eigenvalue weighted by atomic mass is 15.4. The van der Waals surface area contributed by atoms with E-state index in [2.05, 4.69) is 39.7 Å². The third-order valence-electron chi connectivity index (χ3n) is 6.43. The van der Waals surface area contributed by atoms with Crippen LogP contribution in [-0.4, -0.2) is 48.2 Å². The zero-order valence-electron chi connectivity index (χ0n) is 14.4. The molecule has 0 aromatic rings. The summed E-state index contributed by atoms with van der Waals surface area (Å²) in [4.78, 5) is 0. The summed E-state index contributed by atoms with van der Waals surface area (Å²) in [5, 5.41) is 0. The van der Waals surface area contributed by atoms with Crippen LogP contribution in [0.3, 0.4) is 0 Å². The van der Waals surface area contributed by atoms with Crippen LogP contribution in [0.15, 0.2) is 25.6 Å². The number of quaternary nitrogens is 2. The molecule has 0 saturated carbocycles. The smallest absolute Gasteiger partial charge is 0.0932 e. The van der Waals surface area contributed by atoms with Gasteiger partial charge in [0.15, 0.2) is 0 Å². The monoisotopic (exact) mass is 292 g/mol. The van der Waals surface area contributed by atoms with Gasteiger partial charge in [-0.2, -0.15) is 0 Å². The summed E-state index contributed by atoms with van der Waals surface area (Å²) in [5.41, 5.74) is 0. The summed E-state index contributed by atoms with van der Waals surface area (Å²) in [6, 6.07) is 1.67. The fourth-order valence-electron chi connectivity index (χ4n) is 4.59. The van der Waals surface area contributed by atoms with E-state index < -0.39 is 0 Å². The van der Waals surface area contributed by atoms with Gasteiger partial charge in [0.1, 0.15) is 0 Å². The van der Waals surface area contributed by atoms with Gasteiger partial charge in [-0.1, -0.05) is 6.42 Å². The maximum atomic E-state index is 4.05. The van der Waals surface area contributed by atoms with Gasteiger partial charge in [0.05, 0.1) is 51.7 Å². The van der Waals surface area contributed by atoms with E-state index in [0.29, 0.717) is 0 Å². The Morgan fingerprint density at radius 2 is 1.24 bits per heavy atom. The van der Waals surface area contributed by atoms with E-state index in [-0.39, 0.29) is 0 Å². The Hall–Kier alpha value is -0.600. The van der Waals surface area contributed by atoms with Gasteiger partial charge in [0, 0.05) is 25.7 Å². The molecule has 2 aliphatic heterocycles. The van der Waals surface area contributed by atoms with Crippen LogP contribution in [0.4, 0.5) is 0 Å². The normalized spacial score (nSPS) is 39.5. The first kappa shape index (κ1) is 16.8. The van der Waals surface area contributed by atoms with Gasteiger partial charge >= 0.3 is 0 Å². The molecule has 0 aromatic heterocycles. The number of likely N-dealkylation sites (tertiary alicyclic amines) is 2. The van der Waals surface area contributed by atoms with Crippen molar-refractivity contribution in [3.63, 3.8) is 0 Å². The fraction of sp³-hybridized carbons (Fsp3) is 0.789. The Balaban J connectivity index is 1.64. The van der Waals surface area contributed by atoms with Crippen molar-refractivity contribution in [1.29, 1.82) is 0 Å². The summed E-state index contributed by atoms with van der Waals surface area (Å²) in [6.07, 6.45) is 16.9.